The zero-order valence-corrected chi connectivity index (χ0v) is 9.43. The molecule has 16 heavy (non-hydrogen) atoms. The molecular weight excluding hydrogens is 206 g/mol. The summed E-state index contributed by atoms with van der Waals surface area (Å²) in [5.74, 6) is 0.987. The number of fused-ring (bicyclic) bond motifs is 1. The summed E-state index contributed by atoms with van der Waals surface area (Å²) in [5.41, 5.74) is 1.14. The van der Waals surface area contributed by atoms with E-state index in [-0.39, 0.29) is 0 Å². The summed E-state index contributed by atoms with van der Waals surface area (Å²) in [6, 6.07) is 5.87. The summed E-state index contributed by atoms with van der Waals surface area (Å²) < 4.78 is 11.2. The summed E-state index contributed by atoms with van der Waals surface area (Å²) in [4.78, 5) is 0. The van der Waals surface area contributed by atoms with E-state index in [0.29, 0.717) is 6.42 Å². The van der Waals surface area contributed by atoms with Gasteiger partial charge in [0.1, 0.15) is 0 Å². The molecule has 0 saturated carbocycles. The van der Waals surface area contributed by atoms with E-state index in [2.05, 4.69) is 5.16 Å². The minimum Gasteiger partial charge on any atom is -0.449 e. The maximum Gasteiger partial charge on any atom is 0.246 e. The van der Waals surface area contributed by atoms with Gasteiger partial charge in [-0.3, -0.25) is 0 Å². The molecule has 0 atom stereocenters. The molecule has 0 radical (unpaired) electrons. The molecule has 1 aliphatic heterocycles. The Morgan fingerprint density at radius 1 is 1.31 bits per heavy atom. The first-order valence-corrected chi connectivity index (χ1v) is 5.27. The van der Waals surface area contributed by atoms with Gasteiger partial charge in [0.2, 0.25) is 5.79 Å². The van der Waals surface area contributed by atoms with Crippen LogP contribution < -0.4 is 9.47 Å². The van der Waals surface area contributed by atoms with Crippen molar-refractivity contribution in [2.45, 2.75) is 32.5 Å². The molecule has 0 aromatic heterocycles. The third-order valence-electron chi connectivity index (χ3n) is 2.36. The molecule has 0 fully saturated rings. The van der Waals surface area contributed by atoms with Crippen LogP contribution in [0.3, 0.4) is 0 Å². The van der Waals surface area contributed by atoms with Gasteiger partial charge in [0.25, 0.3) is 0 Å². The molecule has 86 valence electrons. The summed E-state index contributed by atoms with van der Waals surface area (Å²) >= 11 is 0. The predicted molar refractivity (Wildman–Crippen MR) is 60.4 cm³/mol. The van der Waals surface area contributed by atoms with E-state index >= 15 is 0 Å². The lowest BCUT2D eigenvalue weighted by atomic mass is 10.1. The van der Waals surface area contributed by atoms with Crippen molar-refractivity contribution in [3.63, 3.8) is 0 Å². The molecule has 4 nitrogen and oxygen atoms in total. The summed E-state index contributed by atoms with van der Waals surface area (Å²) in [7, 11) is 0. The maximum atomic E-state index is 8.29. The molecular formula is C12H15NO3. The van der Waals surface area contributed by atoms with Gasteiger partial charge in [0, 0.05) is 20.1 Å². The maximum absolute atomic E-state index is 8.29. The van der Waals surface area contributed by atoms with Crippen molar-refractivity contribution < 1.29 is 14.7 Å². The Morgan fingerprint density at radius 2 is 2.06 bits per heavy atom. The third kappa shape index (κ3) is 2.27. The number of ether oxygens (including phenoxy) is 2. The summed E-state index contributed by atoms with van der Waals surface area (Å²) in [5, 5.41) is 11.3. The van der Waals surface area contributed by atoms with Crippen molar-refractivity contribution in [3.05, 3.63) is 23.8 Å². The smallest absolute Gasteiger partial charge is 0.246 e. The van der Waals surface area contributed by atoms with E-state index in [1.54, 1.807) is 0 Å². The Kier molecular flexibility index (Phi) is 2.73. The number of hydrogen-bond donors (Lipinski definition) is 1. The predicted octanol–water partition coefficient (Wildman–Crippen LogP) is 2.59. The van der Waals surface area contributed by atoms with Crippen molar-refractivity contribution in [2.24, 2.45) is 5.16 Å². The Morgan fingerprint density at radius 3 is 2.81 bits per heavy atom. The van der Waals surface area contributed by atoms with E-state index in [0.717, 1.165) is 23.5 Å². The van der Waals surface area contributed by atoms with Gasteiger partial charge in [0.15, 0.2) is 11.5 Å². The highest BCUT2D eigenvalue weighted by atomic mass is 16.7. The van der Waals surface area contributed by atoms with Crippen LogP contribution in [0, 0.1) is 0 Å². The number of benzene rings is 1. The minimum atomic E-state index is -0.576. The highest BCUT2D eigenvalue weighted by molar-refractivity contribution is 5.57. The van der Waals surface area contributed by atoms with E-state index in [9.17, 15) is 0 Å². The second-order valence-corrected chi connectivity index (χ2v) is 4.22. The minimum absolute atomic E-state index is 0.576. The fourth-order valence-electron chi connectivity index (χ4n) is 1.71. The van der Waals surface area contributed by atoms with Gasteiger partial charge in [0.05, 0.1) is 0 Å². The molecule has 0 amide bonds. The SMILES string of the molecule is CC1(C)Oc2ccc(CC/C=N\O)cc2O1. The first-order chi connectivity index (χ1) is 7.61. The molecule has 0 aliphatic carbocycles. The molecule has 1 aromatic rings. The Balaban J connectivity index is 2.10. The van der Waals surface area contributed by atoms with Gasteiger partial charge in [-0.15, -0.1) is 5.16 Å². The first-order valence-electron chi connectivity index (χ1n) is 5.27. The molecule has 4 heteroatoms. The van der Waals surface area contributed by atoms with Gasteiger partial charge >= 0.3 is 0 Å². The van der Waals surface area contributed by atoms with Crippen LogP contribution >= 0.6 is 0 Å². The van der Waals surface area contributed by atoms with Crippen molar-refractivity contribution in [1.82, 2.24) is 0 Å². The van der Waals surface area contributed by atoms with Crippen LogP contribution in [0.25, 0.3) is 0 Å². The number of oxime groups is 1. The van der Waals surface area contributed by atoms with E-state index in [1.807, 2.05) is 32.0 Å². The van der Waals surface area contributed by atoms with E-state index < -0.39 is 5.79 Å². The molecule has 0 unspecified atom stereocenters. The van der Waals surface area contributed by atoms with Crippen LogP contribution in [-0.4, -0.2) is 17.2 Å². The molecule has 0 saturated heterocycles. The van der Waals surface area contributed by atoms with Gasteiger partial charge in [-0.25, -0.2) is 0 Å². The number of nitrogens with zero attached hydrogens (tertiary/aromatic N) is 1. The third-order valence-corrected chi connectivity index (χ3v) is 2.36. The normalized spacial score (nSPS) is 16.9. The van der Waals surface area contributed by atoms with Crippen LogP contribution in [-0.2, 0) is 6.42 Å². The number of hydrogen-bond acceptors (Lipinski definition) is 4. The monoisotopic (exact) mass is 221 g/mol. The fourth-order valence-corrected chi connectivity index (χ4v) is 1.71. The molecule has 2 rings (SSSR count). The van der Waals surface area contributed by atoms with Crippen LogP contribution in [0.4, 0.5) is 0 Å². The lowest BCUT2D eigenvalue weighted by Crippen LogP contribution is -2.29. The average molecular weight is 221 g/mol. The highest BCUT2D eigenvalue weighted by Crippen LogP contribution is 2.39. The second-order valence-electron chi connectivity index (χ2n) is 4.22. The zero-order valence-electron chi connectivity index (χ0n) is 9.43. The summed E-state index contributed by atoms with van der Waals surface area (Å²) in [6.45, 7) is 3.76. The standard InChI is InChI=1S/C12H15NO3/c1-12(2)15-10-6-5-9(4-3-7-13-14)8-11(10)16-12/h5-8,14H,3-4H2,1-2H3/b13-7-. The largest absolute Gasteiger partial charge is 0.449 e. The fraction of sp³-hybridized carbons (Fsp3) is 0.417. The molecule has 0 bridgehead atoms. The van der Waals surface area contributed by atoms with E-state index in [1.165, 1.54) is 6.21 Å². The van der Waals surface area contributed by atoms with Crippen molar-refractivity contribution in [2.75, 3.05) is 0 Å². The first kappa shape index (κ1) is 10.8. The van der Waals surface area contributed by atoms with Crippen LogP contribution in [0.1, 0.15) is 25.8 Å². The lowest BCUT2D eigenvalue weighted by molar-refractivity contribution is -0.0431. The highest BCUT2D eigenvalue weighted by Gasteiger charge is 2.31. The van der Waals surface area contributed by atoms with Gasteiger partial charge < -0.3 is 14.7 Å². The van der Waals surface area contributed by atoms with Crippen LogP contribution in [0.15, 0.2) is 23.4 Å². The van der Waals surface area contributed by atoms with E-state index in [4.69, 9.17) is 14.7 Å². The van der Waals surface area contributed by atoms with Crippen molar-refractivity contribution >= 4 is 6.21 Å². The molecule has 1 aliphatic rings. The molecule has 1 N–H and O–H groups in total. The van der Waals surface area contributed by atoms with Gasteiger partial charge in [-0.05, 0) is 30.5 Å². The van der Waals surface area contributed by atoms with Crippen molar-refractivity contribution in [1.29, 1.82) is 0 Å². The quantitative estimate of drug-likeness (QED) is 0.485. The molecule has 0 spiro atoms. The molecule has 1 aromatic carbocycles. The van der Waals surface area contributed by atoms with Gasteiger partial charge in [-0.2, -0.15) is 0 Å². The topological polar surface area (TPSA) is 51.0 Å². The van der Waals surface area contributed by atoms with Crippen LogP contribution in [0.5, 0.6) is 11.5 Å². The van der Waals surface area contributed by atoms with Gasteiger partial charge in [-0.1, -0.05) is 6.07 Å². The van der Waals surface area contributed by atoms with Crippen molar-refractivity contribution in [3.8, 4) is 11.5 Å². The summed E-state index contributed by atoms with van der Waals surface area (Å²) in [6.07, 6.45) is 3.01. The van der Waals surface area contributed by atoms with Crippen LogP contribution in [0.2, 0.25) is 0 Å². The Bertz CT molecular complexity index is 413. The number of rotatable bonds is 3. The number of aryl methyl sites for hydroxylation is 1. The lowest BCUT2D eigenvalue weighted by Gasteiger charge is -2.16. The molecule has 1 heterocycles. The zero-order chi connectivity index (χ0) is 11.6. The second kappa shape index (κ2) is 4.04. The Labute approximate surface area is 94.5 Å². The average Bonchev–Trinajstić information content (AvgIpc) is 2.51. The Hall–Kier alpha value is -1.71.